The highest BCUT2D eigenvalue weighted by atomic mass is 32.2. The average Bonchev–Trinajstić information content (AvgIpc) is 3.31. The number of fused-ring (bicyclic) bond motifs is 1. The van der Waals surface area contributed by atoms with E-state index in [1.54, 1.807) is 66.4 Å². The number of hydrogen-bond acceptors (Lipinski definition) is 6. The second-order valence-electron chi connectivity index (χ2n) is 7.32. The Morgan fingerprint density at radius 1 is 0.906 bits per heavy atom. The van der Waals surface area contributed by atoms with Gasteiger partial charge in [0.2, 0.25) is 11.2 Å². The summed E-state index contributed by atoms with van der Waals surface area (Å²) in [5.41, 5.74) is 0.479. The van der Waals surface area contributed by atoms with Crippen molar-refractivity contribution in [3.05, 3.63) is 88.1 Å². The molecule has 4 rings (SSSR count). The third kappa shape index (κ3) is 4.56. The van der Waals surface area contributed by atoms with Crippen molar-refractivity contribution in [3.63, 3.8) is 0 Å². The summed E-state index contributed by atoms with van der Waals surface area (Å²) in [7, 11) is 0. The molecular formula is C26H25NO4S. The SMILES string of the molecule is CCN(CC)CCSc1ccc(-c2oc3ccccc3c(=O)c2C(=O)c2ccccc2)o1. The smallest absolute Gasteiger partial charge is 0.204 e. The van der Waals surface area contributed by atoms with Gasteiger partial charge in [0, 0.05) is 17.9 Å². The molecule has 0 bridgehead atoms. The van der Waals surface area contributed by atoms with Crippen LogP contribution >= 0.6 is 11.8 Å². The number of thioether (sulfide) groups is 1. The number of carbonyl (C=O) groups excluding carboxylic acids is 1. The molecular weight excluding hydrogens is 422 g/mol. The van der Waals surface area contributed by atoms with E-state index in [0.29, 0.717) is 22.3 Å². The fourth-order valence-corrected chi connectivity index (χ4v) is 4.45. The van der Waals surface area contributed by atoms with Crippen LogP contribution in [0.15, 0.2) is 85.5 Å². The van der Waals surface area contributed by atoms with E-state index in [1.807, 2.05) is 12.1 Å². The van der Waals surface area contributed by atoms with Gasteiger partial charge in [0.1, 0.15) is 11.1 Å². The van der Waals surface area contributed by atoms with E-state index >= 15 is 0 Å². The van der Waals surface area contributed by atoms with Crippen LogP contribution in [0.4, 0.5) is 0 Å². The molecule has 0 radical (unpaired) electrons. The molecule has 0 aliphatic carbocycles. The zero-order valence-electron chi connectivity index (χ0n) is 18.2. The lowest BCUT2D eigenvalue weighted by Gasteiger charge is -2.16. The van der Waals surface area contributed by atoms with Crippen molar-refractivity contribution in [2.75, 3.05) is 25.4 Å². The Morgan fingerprint density at radius 2 is 1.62 bits per heavy atom. The van der Waals surface area contributed by atoms with Gasteiger partial charge < -0.3 is 13.7 Å². The lowest BCUT2D eigenvalue weighted by Crippen LogP contribution is -2.25. The first-order valence-electron chi connectivity index (χ1n) is 10.7. The molecule has 164 valence electrons. The number of carbonyl (C=O) groups is 1. The number of benzene rings is 2. The van der Waals surface area contributed by atoms with Crippen molar-refractivity contribution in [2.45, 2.75) is 18.9 Å². The number of rotatable bonds is 9. The summed E-state index contributed by atoms with van der Waals surface area (Å²) in [6.45, 7) is 7.26. The van der Waals surface area contributed by atoms with Crippen molar-refractivity contribution in [2.24, 2.45) is 0 Å². The van der Waals surface area contributed by atoms with E-state index in [0.717, 1.165) is 30.5 Å². The quantitative estimate of drug-likeness (QED) is 0.242. The van der Waals surface area contributed by atoms with E-state index in [1.165, 1.54) is 0 Å². The van der Waals surface area contributed by atoms with Gasteiger partial charge in [0.15, 0.2) is 16.6 Å². The Hall–Kier alpha value is -3.09. The highest BCUT2D eigenvalue weighted by molar-refractivity contribution is 7.99. The van der Waals surface area contributed by atoms with Gasteiger partial charge in [-0.3, -0.25) is 9.59 Å². The second kappa shape index (κ2) is 10.0. The van der Waals surface area contributed by atoms with E-state index in [4.69, 9.17) is 8.83 Å². The van der Waals surface area contributed by atoms with Crippen molar-refractivity contribution in [3.8, 4) is 11.5 Å². The maximum absolute atomic E-state index is 13.3. The lowest BCUT2D eigenvalue weighted by molar-refractivity contribution is 0.103. The fourth-order valence-electron chi connectivity index (χ4n) is 3.59. The summed E-state index contributed by atoms with van der Waals surface area (Å²) in [5.74, 6) is 1.04. The molecule has 0 atom stereocenters. The largest absolute Gasteiger partial charge is 0.452 e. The van der Waals surface area contributed by atoms with Crippen LogP contribution in [0.2, 0.25) is 0 Å². The van der Waals surface area contributed by atoms with Crippen LogP contribution in [0.25, 0.3) is 22.5 Å². The Kier molecular flexibility index (Phi) is 6.93. The van der Waals surface area contributed by atoms with Crippen LogP contribution in [0.3, 0.4) is 0 Å². The molecule has 2 aromatic heterocycles. The molecule has 0 amide bonds. The van der Waals surface area contributed by atoms with Crippen LogP contribution in [0, 0.1) is 0 Å². The average molecular weight is 448 g/mol. The van der Waals surface area contributed by atoms with E-state index < -0.39 is 0 Å². The predicted octanol–water partition coefficient (Wildman–Crippen LogP) is 5.72. The molecule has 0 spiro atoms. The predicted molar refractivity (Wildman–Crippen MR) is 129 cm³/mol. The highest BCUT2D eigenvalue weighted by Gasteiger charge is 2.25. The van der Waals surface area contributed by atoms with Gasteiger partial charge in [0.05, 0.1) is 5.39 Å². The molecule has 0 aliphatic rings. The number of nitrogens with zero attached hydrogens (tertiary/aromatic N) is 1. The minimum atomic E-state index is -0.382. The zero-order valence-corrected chi connectivity index (χ0v) is 19.0. The van der Waals surface area contributed by atoms with E-state index in [-0.39, 0.29) is 22.5 Å². The number of furan rings is 1. The topological polar surface area (TPSA) is 63.7 Å². The van der Waals surface area contributed by atoms with Crippen molar-refractivity contribution < 1.29 is 13.6 Å². The first kappa shape index (κ1) is 22.1. The zero-order chi connectivity index (χ0) is 22.5. The number of hydrogen-bond donors (Lipinski definition) is 0. The van der Waals surface area contributed by atoms with Gasteiger partial charge in [-0.05, 0) is 37.4 Å². The van der Waals surface area contributed by atoms with Crippen LogP contribution < -0.4 is 5.43 Å². The van der Waals surface area contributed by atoms with Crippen LogP contribution in [-0.2, 0) is 0 Å². The van der Waals surface area contributed by atoms with Gasteiger partial charge in [0.25, 0.3) is 0 Å². The summed E-state index contributed by atoms with van der Waals surface area (Å²) in [5, 5.41) is 1.09. The molecule has 6 heteroatoms. The van der Waals surface area contributed by atoms with Crippen molar-refractivity contribution >= 4 is 28.5 Å². The third-order valence-corrected chi connectivity index (χ3v) is 6.30. The van der Waals surface area contributed by atoms with E-state index in [2.05, 4.69) is 18.7 Å². The fraction of sp³-hybridized carbons (Fsp3) is 0.231. The van der Waals surface area contributed by atoms with Gasteiger partial charge in [-0.25, -0.2) is 0 Å². The maximum Gasteiger partial charge on any atom is 0.204 e. The van der Waals surface area contributed by atoms with Crippen LogP contribution in [0.1, 0.15) is 29.8 Å². The first-order chi connectivity index (χ1) is 15.6. The van der Waals surface area contributed by atoms with Crippen LogP contribution in [-0.4, -0.2) is 36.1 Å². The Balaban J connectivity index is 1.73. The van der Waals surface area contributed by atoms with Gasteiger partial charge in [-0.15, -0.1) is 0 Å². The van der Waals surface area contributed by atoms with Crippen molar-refractivity contribution in [1.29, 1.82) is 0 Å². The van der Waals surface area contributed by atoms with Crippen LogP contribution in [0.5, 0.6) is 0 Å². The number of ketones is 1. The molecule has 0 fully saturated rings. The molecule has 0 N–H and O–H groups in total. The molecule has 2 heterocycles. The Labute approximate surface area is 191 Å². The second-order valence-corrected chi connectivity index (χ2v) is 8.42. The molecule has 0 saturated carbocycles. The highest BCUT2D eigenvalue weighted by Crippen LogP contribution is 2.32. The summed E-state index contributed by atoms with van der Waals surface area (Å²) in [4.78, 5) is 29.0. The molecule has 4 aromatic rings. The summed E-state index contributed by atoms with van der Waals surface area (Å²) < 4.78 is 12.1. The lowest BCUT2D eigenvalue weighted by atomic mass is 9.99. The van der Waals surface area contributed by atoms with Gasteiger partial charge >= 0.3 is 0 Å². The standard InChI is InChI=1S/C26H25NO4S/c1-3-27(4-2)16-17-32-22-15-14-21(30-22)26-23(24(28)18-10-6-5-7-11-18)25(29)19-12-8-9-13-20(19)31-26/h5-15H,3-4,16-17H2,1-2H3. The van der Waals surface area contributed by atoms with Gasteiger partial charge in [-0.2, -0.15) is 0 Å². The number of para-hydroxylation sites is 1. The molecule has 2 aromatic carbocycles. The molecule has 0 unspecified atom stereocenters. The monoisotopic (exact) mass is 447 g/mol. The molecule has 0 saturated heterocycles. The Morgan fingerprint density at radius 3 is 2.38 bits per heavy atom. The minimum absolute atomic E-state index is 0.0102. The summed E-state index contributed by atoms with van der Waals surface area (Å²) >= 11 is 1.60. The Bertz CT molecular complexity index is 1270. The summed E-state index contributed by atoms with van der Waals surface area (Å²) in [6, 6.07) is 19.3. The molecule has 5 nitrogen and oxygen atoms in total. The van der Waals surface area contributed by atoms with Gasteiger partial charge in [-0.1, -0.05) is 68.1 Å². The normalized spacial score (nSPS) is 11.3. The van der Waals surface area contributed by atoms with Crippen molar-refractivity contribution in [1.82, 2.24) is 4.90 Å². The maximum atomic E-state index is 13.3. The molecule has 0 aliphatic heterocycles. The summed E-state index contributed by atoms with van der Waals surface area (Å²) in [6.07, 6.45) is 0. The first-order valence-corrected chi connectivity index (χ1v) is 11.7. The third-order valence-electron chi connectivity index (χ3n) is 5.41. The minimum Gasteiger partial charge on any atom is -0.452 e. The van der Waals surface area contributed by atoms with E-state index in [9.17, 15) is 9.59 Å². The molecule has 32 heavy (non-hydrogen) atoms.